The number of benzene rings is 1. The molecule has 0 heterocycles. The highest BCUT2D eigenvalue weighted by Crippen LogP contribution is 2.27. The van der Waals surface area contributed by atoms with Crippen LogP contribution in [0.2, 0.25) is 0 Å². The molecule has 1 rings (SSSR count). The van der Waals surface area contributed by atoms with Crippen LogP contribution in [0.3, 0.4) is 0 Å². The highest BCUT2D eigenvalue weighted by molar-refractivity contribution is 5.57. The van der Waals surface area contributed by atoms with Crippen molar-refractivity contribution in [1.82, 2.24) is 5.32 Å². The second-order valence-corrected chi connectivity index (χ2v) is 5.45. The molecule has 0 saturated carbocycles. The molecule has 0 bridgehead atoms. The van der Waals surface area contributed by atoms with Crippen molar-refractivity contribution >= 4 is 5.69 Å². The van der Waals surface area contributed by atoms with Gasteiger partial charge in [0.05, 0.1) is 19.4 Å². The van der Waals surface area contributed by atoms with Gasteiger partial charge >= 0.3 is 0 Å². The van der Waals surface area contributed by atoms with Crippen molar-refractivity contribution in [2.24, 2.45) is 0 Å². The van der Waals surface area contributed by atoms with E-state index in [9.17, 15) is 5.11 Å². The van der Waals surface area contributed by atoms with Gasteiger partial charge in [0.25, 0.3) is 0 Å². The number of rotatable bonds is 9. The third-order valence-corrected chi connectivity index (χ3v) is 3.67. The highest BCUT2D eigenvalue weighted by Gasteiger charge is 2.21. The summed E-state index contributed by atoms with van der Waals surface area (Å²) in [7, 11) is 3.77. The van der Waals surface area contributed by atoms with Crippen LogP contribution in [-0.2, 0) is 0 Å². The maximum atomic E-state index is 9.48. The summed E-state index contributed by atoms with van der Waals surface area (Å²) in [5, 5.41) is 12.8. The Morgan fingerprint density at radius 1 is 1.35 bits per heavy atom. The van der Waals surface area contributed by atoms with E-state index < -0.39 is 0 Å². The van der Waals surface area contributed by atoms with Crippen molar-refractivity contribution in [3.63, 3.8) is 0 Å². The highest BCUT2D eigenvalue weighted by atomic mass is 16.5. The Morgan fingerprint density at radius 2 is 2.05 bits per heavy atom. The summed E-state index contributed by atoms with van der Waals surface area (Å²) in [5.41, 5.74) is 0.917. The van der Waals surface area contributed by atoms with E-state index in [4.69, 9.17) is 4.74 Å². The molecule has 4 nitrogen and oxygen atoms in total. The van der Waals surface area contributed by atoms with Crippen LogP contribution >= 0.6 is 0 Å². The molecule has 0 radical (unpaired) electrons. The number of hydrogen-bond acceptors (Lipinski definition) is 4. The topological polar surface area (TPSA) is 44.7 Å². The summed E-state index contributed by atoms with van der Waals surface area (Å²) in [6.45, 7) is 6.11. The van der Waals surface area contributed by atoms with Crippen molar-refractivity contribution in [3.05, 3.63) is 24.3 Å². The average molecular weight is 280 g/mol. The molecule has 114 valence electrons. The summed E-state index contributed by atoms with van der Waals surface area (Å²) in [6, 6.07) is 8.03. The first-order chi connectivity index (χ1) is 9.56. The summed E-state index contributed by atoms with van der Waals surface area (Å²) < 4.78 is 5.38. The summed E-state index contributed by atoms with van der Waals surface area (Å²) in [4.78, 5) is 2.20. The van der Waals surface area contributed by atoms with Crippen LogP contribution in [0.15, 0.2) is 24.3 Å². The van der Waals surface area contributed by atoms with Crippen LogP contribution in [0.1, 0.15) is 26.7 Å². The smallest absolute Gasteiger partial charge is 0.142 e. The van der Waals surface area contributed by atoms with Gasteiger partial charge in [0, 0.05) is 19.1 Å². The van der Waals surface area contributed by atoms with Crippen molar-refractivity contribution in [2.75, 3.05) is 38.8 Å². The molecule has 1 atom stereocenters. The molecule has 0 spiro atoms. The maximum absolute atomic E-state index is 9.48. The first-order valence-corrected chi connectivity index (χ1v) is 7.26. The number of likely N-dealkylation sites (N-methyl/N-ethyl adjacent to an activating group) is 1. The lowest BCUT2D eigenvalue weighted by atomic mass is 9.96. The monoisotopic (exact) mass is 280 g/mol. The van der Waals surface area contributed by atoms with E-state index in [-0.39, 0.29) is 12.1 Å². The number of aliphatic hydroxyl groups excluding tert-OH is 1. The minimum atomic E-state index is -0.184. The van der Waals surface area contributed by atoms with Crippen molar-refractivity contribution in [1.29, 1.82) is 0 Å². The third-order valence-electron chi connectivity index (χ3n) is 3.67. The number of para-hydroxylation sites is 2. The normalized spacial score (nSPS) is 13.8. The number of hydrogen-bond donors (Lipinski definition) is 2. The number of aliphatic hydroxyl groups is 1. The fourth-order valence-corrected chi connectivity index (χ4v) is 2.42. The molecule has 1 aromatic carbocycles. The van der Waals surface area contributed by atoms with Gasteiger partial charge < -0.3 is 20.1 Å². The number of nitrogens with zero attached hydrogens (tertiary/aromatic N) is 1. The van der Waals surface area contributed by atoms with Gasteiger partial charge in [-0.2, -0.15) is 0 Å². The number of anilines is 1. The van der Waals surface area contributed by atoms with Gasteiger partial charge in [-0.25, -0.2) is 0 Å². The molecule has 0 aromatic heterocycles. The van der Waals surface area contributed by atoms with Gasteiger partial charge in [-0.3, -0.25) is 0 Å². The van der Waals surface area contributed by atoms with Crippen molar-refractivity contribution in [3.8, 4) is 5.75 Å². The molecule has 0 aliphatic rings. The largest absolute Gasteiger partial charge is 0.495 e. The van der Waals surface area contributed by atoms with Crippen LogP contribution in [-0.4, -0.2) is 44.5 Å². The molecule has 0 aliphatic carbocycles. The standard InChI is InChI=1S/C16H28N2O2/c1-5-17-16(2,13-19)11-8-12-18(3)14-9-6-7-10-15(14)20-4/h6-7,9-10,17,19H,5,8,11-13H2,1-4H3. The first-order valence-electron chi connectivity index (χ1n) is 7.26. The fourth-order valence-electron chi connectivity index (χ4n) is 2.42. The molecule has 2 N–H and O–H groups in total. The Hall–Kier alpha value is -1.26. The molecule has 1 unspecified atom stereocenters. The van der Waals surface area contributed by atoms with Crippen LogP contribution in [0.25, 0.3) is 0 Å². The molecular weight excluding hydrogens is 252 g/mol. The quantitative estimate of drug-likeness (QED) is 0.728. The van der Waals surface area contributed by atoms with Gasteiger partial charge in [-0.05, 0) is 38.4 Å². The maximum Gasteiger partial charge on any atom is 0.142 e. The van der Waals surface area contributed by atoms with Gasteiger partial charge in [0.2, 0.25) is 0 Å². The van der Waals surface area contributed by atoms with E-state index in [1.54, 1.807) is 7.11 Å². The van der Waals surface area contributed by atoms with Gasteiger partial charge in [0.15, 0.2) is 0 Å². The van der Waals surface area contributed by atoms with Crippen LogP contribution in [0.5, 0.6) is 5.75 Å². The summed E-state index contributed by atoms with van der Waals surface area (Å²) in [5.74, 6) is 0.895. The van der Waals surface area contributed by atoms with Crippen LogP contribution in [0, 0.1) is 0 Å². The minimum absolute atomic E-state index is 0.166. The van der Waals surface area contributed by atoms with E-state index in [1.807, 2.05) is 18.2 Å². The Morgan fingerprint density at radius 3 is 2.65 bits per heavy atom. The second kappa shape index (κ2) is 8.12. The van der Waals surface area contributed by atoms with Crippen LogP contribution < -0.4 is 15.0 Å². The first kappa shape index (κ1) is 16.8. The van der Waals surface area contributed by atoms with Crippen molar-refractivity contribution in [2.45, 2.75) is 32.2 Å². The molecule has 20 heavy (non-hydrogen) atoms. The van der Waals surface area contributed by atoms with Gasteiger partial charge in [-0.15, -0.1) is 0 Å². The minimum Gasteiger partial charge on any atom is -0.495 e. The Balaban J connectivity index is 2.53. The number of nitrogens with one attached hydrogen (secondary N) is 1. The summed E-state index contributed by atoms with van der Waals surface area (Å²) >= 11 is 0. The number of methoxy groups -OCH3 is 1. The third kappa shape index (κ3) is 4.69. The lowest BCUT2D eigenvalue weighted by molar-refractivity contribution is 0.166. The number of ether oxygens (including phenoxy) is 1. The fraction of sp³-hybridized carbons (Fsp3) is 0.625. The Labute approximate surface area is 122 Å². The van der Waals surface area contributed by atoms with E-state index >= 15 is 0 Å². The van der Waals surface area contributed by atoms with E-state index in [0.717, 1.165) is 37.4 Å². The molecule has 4 heteroatoms. The lowest BCUT2D eigenvalue weighted by Crippen LogP contribution is -2.46. The molecule has 1 aromatic rings. The average Bonchev–Trinajstić information content (AvgIpc) is 2.47. The zero-order valence-electron chi connectivity index (χ0n) is 13.1. The molecule has 0 amide bonds. The SMILES string of the molecule is CCNC(C)(CO)CCCN(C)c1ccccc1OC. The van der Waals surface area contributed by atoms with Gasteiger partial charge in [-0.1, -0.05) is 19.1 Å². The lowest BCUT2D eigenvalue weighted by Gasteiger charge is -2.30. The van der Waals surface area contributed by atoms with E-state index in [2.05, 4.69) is 37.2 Å². The molecular formula is C16H28N2O2. The van der Waals surface area contributed by atoms with E-state index in [0.29, 0.717) is 0 Å². The molecule has 0 fully saturated rings. The van der Waals surface area contributed by atoms with Crippen LogP contribution in [0.4, 0.5) is 5.69 Å². The zero-order valence-corrected chi connectivity index (χ0v) is 13.1. The second-order valence-electron chi connectivity index (χ2n) is 5.45. The summed E-state index contributed by atoms with van der Waals surface area (Å²) in [6.07, 6.45) is 1.95. The molecule has 0 saturated heterocycles. The van der Waals surface area contributed by atoms with Crippen molar-refractivity contribution < 1.29 is 9.84 Å². The predicted molar refractivity (Wildman–Crippen MR) is 84.7 cm³/mol. The van der Waals surface area contributed by atoms with Gasteiger partial charge in [0.1, 0.15) is 5.75 Å². The Kier molecular flexibility index (Phi) is 6.82. The predicted octanol–water partition coefficient (Wildman–Crippen LogP) is 2.27. The Bertz CT molecular complexity index is 398. The zero-order chi connectivity index (χ0) is 15.0. The molecule has 0 aliphatic heterocycles. The van der Waals surface area contributed by atoms with E-state index in [1.165, 1.54) is 0 Å².